The molecule has 0 fully saturated rings. The van der Waals surface area contributed by atoms with Gasteiger partial charge in [0, 0.05) is 28.6 Å². The average molecular weight is 188 g/mol. The Morgan fingerprint density at radius 1 is 1.82 bits per heavy atom. The van der Waals surface area contributed by atoms with Crippen LogP contribution < -0.4 is 5.73 Å². The minimum absolute atomic E-state index is 0.299. The monoisotopic (exact) mass is 188 g/mol. The van der Waals surface area contributed by atoms with Gasteiger partial charge in [0.05, 0.1) is 5.51 Å². The SMILES string of the molecule is CC(N)CSCc1cncs1. The van der Waals surface area contributed by atoms with E-state index in [1.54, 1.807) is 11.3 Å². The molecule has 0 aliphatic carbocycles. The lowest BCUT2D eigenvalue weighted by Crippen LogP contribution is -2.17. The molecule has 0 aromatic carbocycles. The van der Waals surface area contributed by atoms with Gasteiger partial charge in [0.2, 0.25) is 0 Å². The first-order chi connectivity index (χ1) is 5.29. The van der Waals surface area contributed by atoms with Crippen molar-refractivity contribution in [3.05, 3.63) is 16.6 Å². The van der Waals surface area contributed by atoms with Gasteiger partial charge >= 0.3 is 0 Å². The summed E-state index contributed by atoms with van der Waals surface area (Å²) >= 11 is 3.57. The van der Waals surface area contributed by atoms with E-state index >= 15 is 0 Å². The molecule has 0 saturated carbocycles. The van der Waals surface area contributed by atoms with Gasteiger partial charge in [0.1, 0.15) is 0 Å². The van der Waals surface area contributed by atoms with Crippen molar-refractivity contribution >= 4 is 23.1 Å². The molecule has 0 radical (unpaired) electrons. The number of aromatic nitrogens is 1. The second kappa shape index (κ2) is 4.74. The molecular formula is C7H12N2S2. The highest BCUT2D eigenvalue weighted by Gasteiger charge is 1.96. The Morgan fingerprint density at radius 2 is 2.64 bits per heavy atom. The lowest BCUT2D eigenvalue weighted by molar-refractivity contribution is 0.847. The van der Waals surface area contributed by atoms with Gasteiger partial charge in [0.25, 0.3) is 0 Å². The van der Waals surface area contributed by atoms with E-state index in [1.165, 1.54) is 4.88 Å². The highest BCUT2D eigenvalue weighted by atomic mass is 32.2. The van der Waals surface area contributed by atoms with Crippen LogP contribution in [0, 0.1) is 0 Å². The van der Waals surface area contributed by atoms with Crippen LogP contribution in [0.15, 0.2) is 11.7 Å². The minimum atomic E-state index is 0.299. The van der Waals surface area contributed by atoms with Crippen LogP contribution in [0.1, 0.15) is 11.8 Å². The maximum Gasteiger partial charge on any atom is 0.0794 e. The summed E-state index contributed by atoms with van der Waals surface area (Å²) < 4.78 is 0. The van der Waals surface area contributed by atoms with Crippen molar-refractivity contribution in [1.29, 1.82) is 0 Å². The Kier molecular flexibility index (Phi) is 3.90. The highest BCUT2D eigenvalue weighted by molar-refractivity contribution is 7.98. The van der Waals surface area contributed by atoms with Crippen LogP contribution in [0.5, 0.6) is 0 Å². The zero-order valence-electron chi connectivity index (χ0n) is 6.49. The van der Waals surface area contributed by atoms with Crippen LogP contribution in [0.2, 0.25) is 0 Å². The number of thioether (sulfide) groups is 1. The molecule has 0 spiro atoms. The lowest BCUT2D eigenvalue weighted by Gasteiger charge is -2.01. The summed E-state index contributed by atoms with van der Waals surface area (Å²) in [5.74, 6) is 2.07. The summed E-state index contributed by atoms with van der Waals surface area (Å²) in [7, 11) is 0. The number of rotatable bonds is 4. The quantitative estimate of drug-likeness (QED) is 0.782. The fraction of sp³-hybridized carbons (Fsp3) is 0.571. The zero-order chi connectivity index (χ0) is 8.10. The first-order valence-electron chi connectivity index (χ1n) is 3.49. The number of thiazole rings is 1. The van der Waals surface area contributed by atoms with Crippen LogP contribution in [0.4, 0.5) is 0 Å². The van der Waals surface area contributed by atoms with Crippen molar-refractivity contribution in [1.82, 2.24) is 4.98 Å². The summed E-state index contributed by atoms with van der Waals surface area (Å²) in [6.07, 6.45) is 1.92. The molecule has 0 aliphatic rings. The molecule has 2 N–H and O–H groups in total. The van der Waals surface area contributed by atoms with Crippen molar-refractivity contribution in [2.75, 3.05) is 5.75 Å². The Morgan fingerprint density at radius 3 is 3.18 bits per heavy atom. The van der Waals surface area contributed by atoms with Crippen LogP contribution >= 0.6 is 23.1 Å². The standard InChI is InChI=1S/C7H12N2S2/c1-6(8)3-10-4-7-2-9-5-11-7/h2,5-6H,3-4,8H2,1H3. The van der Waals surface area contributed by atoms with Gasteiger partial charge in [-0.05, 0) is 6.92 Å². The van der Waals surface area contributed by atoms with Crippen molar-refractivity contribution in [3.8, 4) is 0 Å². The second-order valence-corrected chi connectivity index (χ2v) is 4.46. The van der Waals surface area contributed by atoms with E-state index in [-0.39, 0.29) is 0 Å². The first kappa shape index (κ1) is 9.03. The molecule has 4 heteroatoms. The van der Waals surface area contributed by atoms with Crippen LogP contribution in [-0.2, 0) is 5.75 Å². The van der Waals surface area contributed by atoms with E-state index < -0.39 is 0 Å². The molecule has 1 atom stereocenters. The Bertz CT molecular complexity index is 184. The fourth-order valence-electron chi connectivity index (χ4n) is 0.659. The van der Waals surface area contributed by atoms with E-state index in [1.807, 2.05) is 30.4 Å². The van der Waals surface area contributed by atoms with E-state index in [9.17, 15) is 0 Å². The smallest absolute Gasteiger partial charge is 0.0794 e. The molecule has 1 heterocycles. The molecule has 2 nitrogen and oxygen atoms in total. The van der Waals surface area contributed by atoms with E-state index in [4.69, 9.17) is 5.73 Å². The van der Waals surface area contributed by atoms with E-state index in [0.29, 0.717) is 6.04 Å². The van der Waals surface area contributed by atoms with Gasteiger partial charge in [0.15, 0.2) is 0 Å². The van der Waals surface area contributed by atoms with E-state index in [2.05, 4.69) is 4.98 Å². The molecule has 0 amide bonds. The third-order valence-electron chi connectivity index (χ3n) is 1.11. The zero-order valence-corrected chi connectivity index (χ0v) is 8.12. The van der Waals surface area contributed by atoms with Gasteiger partial charge in [-0.25, -0.2) is 0 Å². The third kappa shape index (κ3) is 3.74. The molecule has 0 aliphatic heterocycles. The minimum Gasteiger partial charge on any atom is -0.327 e. The second-order valence-electron chi connectivity index (χ2n) is 2.46. The summed E-state index contributed by atoms with van der Waals surface area (Å²) in [5.41, 5.74) is 7.46. The normalized spacial score (nSPS) is 13.3. The molecule has 11 heavy (non-hydrogen) atoms. The summed E-state index contributed by atoms with van der Waals surface area (Å²) in [4.78, 5) is 5.32. The van der Waals surface area contributed by atoms with Crippen LogP contribution in [0.25, 0.3) is 0 Å². The van der Waals surface area contributed by atoms with Crippen LogP contribution in [-0.4, -0.2) is 16.8 Å². The number of hydrogen-bond donors (Lipinski definition) is 1. The van der Waals surface area contributed by atoms with Gasteiger partial charge < -0.3 is 5.73 Å². The molecule has 1 aromatic rings. The number of nitrogens with zero attached hydrogens (tertiary/aromatic N) is 1. The molecule has 0 bridgehead atoms. The topological polar surface area (TPSA) is 38.9 Å². The summed E-state index contributed by atoms with van der Waals surface area (Å²) in [6, 6.07) is 0.299. The Labute approximate surface area is 75.2 Å². The summed E-state index contributed by atoms with van der Waals surface area (Å²) in [5, 5.41) is 0. The van der Waals surface area contributed by atoms with Gasteiger partial charge in [-0.1, -0.05) is 0 Å². The molecule has 0 saturated heterocycles. The molecule has 1 rings (SSSR count). The predicted molar refractivity (Wildman–Crippen MR) is 51.9 cm³/mol. The molecule has 62 valence electrons. The Balaban J connectivity index is 2.14. The maximum atomic E-state index is 5.60. The number of hydrogen-bond acceptors (Lipinski definition) is 4. The largest absolute Gasteiger partial charge is 0.327 e. The van der Waals surface area contributed by atoms with Crippen molar-refractivity contribution < 1.29 is 0 Å². The lowest BCUT2D eigenvalue weighted by atomic mass is 10.4. The average Bonchev–Trinajstić information content (AvgIpc) is 2.39. The van der Waals surface area contributed by atoms with Crippen molar-refractivity contribution in [2.45, 2.75) is 18.7 Å². The highest BCUT2D eigenvalue weighted by Crippen LogP contribution is 2.15. The molecule has 1 unspecified atom stereocenters. The summed E-state index contributed by atoms with van der Waals surface area (Å²) in [6.45, 7) is 2.03. The van der Waals surface area contributed by atoms with Gasteiger partial charge in [-0.15, -0.1) is 11.3 Å². The third-order valence-corrected chi connectivity index (χ3v) is 3.35. The maximum absolute atomic E-state index is 5.60. The fourth-order valence-corrected chi connectivity index (χ4v) is 2.33. The Hall–Kier alpha value is -0.0600. The van der Waals surface area contributed by atoms with Crippen molar-refractivity contribution in [2.24, 2.45) is 5.73 Å². The number of nitrogens with two attached hydrogens (primary N) is 1. The van der Waals surface area contributed by atoms with E-state index in [0.717, 1.165) is 11.5 Å². The first-order valence-corrected chi connectivity index (χ1v) is 5.53. The predicted octanol–water partition coefficient (Wildman–Crippen LogP) is 1.72. The molecule has 1 aromatic heterocycles. The molecular weight excluding hydrogens is 176 g/mol. The van der Waals surface area contributed by atoms with Gasteiger partial charge in [-0.3, -0.25) is 4.98 Å². The van der Waals surface area contributed by atoms with Crippen LogP contribution in [0.3, 0.4) is 0 Å². The van der Waals surface area contributed by atoms with Gasteiger partial charge in [-0.2, -0.15) is 11.8 Å². The van der Waals surface area contributed by atoms with Crippen molar-refractivity contribution in [3.63, 3.8) is 0 Å².